The molecule has 6 nitrogen and oxygen atoms in total. The SMILES string of the molecule is C[C@H](C#N)OC(=O)CCNS(=O)(=O)c1ccc(Br)cc1. The molecule has 0 aliphatic heterocycles. The highest BCUT2D eigenvalue weighted by molar-refractivity contribution is 9.10. The third-order valence-electron chi connectivity index (χ3n) is 2.24. The summed E-state index contributed by atoms with van der Waals surface area (Å²) in [6.07, 6.45) is -0.979. The van der Waals surface area contributed by atoms with Crippen LogP contribution in [0.25, 0.3) is 0 Å². The molecule has 0 unspecified atom stereocenters. The average Bonchev–Trinajstić information content (AvgIpc) is 2.38. The number of ether oxygens (including phenoxy) is 1. The number of nitrogens with one attached hydrogen (secondary N) is 1. The van der Waals surface area contributed by atoms with Crippen LogP contribution in [0.5, 0.6) is 0 Å². The van der Waals surface area contributed by atoms with Crippen LogP contribution < -0.4 is 4.72 Å². The quantitative estimate of drug-likeness (QED) is 0.776. The van der Waals surface area contributed by atoms with Gasteiger partial charge in [-0.05, 0) is 31.2 Å². The van der Waals surface area contributed by atoms with E-state index in [-0.39, 0.29) is 17.9 Å². The molecule has 0 amide bonds. The molecule has 0 saturated carbocycles. The van der Waals surface area contributed by atoms with Gasteiger partial charge in [-0.2, -0.15) is 5.26 Å². The molecule has 0 radical (unpaired) electrons. The fourth-order valence-electron chi connectivity index (χ4n) is 1.27. The highest BCUT2D eigenvalue weighted by Gasteiger charge is 2.15. The highest BCUT2D eigenvalue weighted by atomic mass is 79.9. The van der Waals surface area contributed by atoms with E-state index in [4.69, 9.17) is 10.00 Å². The summed E-state index contributed by atoms with van der Waals surface area (Å²) in [6.45, 7) is 1.35. The zero-order valence-corrected chi connectivity index (χ0v) is 13.1. The van der Waals surface area contributed by atoms with E-state index in [1.807, 2.05) is 0 Å². The first kappa shape index (κ1) is 16.6. The van der Waals surface area contributed by atoms with E-state index >= 15 is 0 Å². The minimum absolute atomic E-state index is 0.0879. The van der Waals surface area contributed by atoms with Gasteiger partial charge in [0.2, 0.25) is 10.0 Å². The molecule has 1 rings (SSSR count). The maximum Gasteiger partial charge on any atom is 0.308 e. The molecule has 0 aromatic heterocycles. The molecule has 0 fully saturated rings. The number of esters is 1. The third-order valence-corrected chi connectivity index (χ3v) is 4.24. The average molecular weight is 361 g/mol. The summed E-state index contributed by atoms with van der Waals surface area (Å²) < 4.78 is 31.5. The van der Waals surface area contributed by atoms with Gasteiger partial charge in [-0.1, -0.05) is 15.9 Å². The Morgan fingerprint density at radius 2 is 2.05 bits per heavy atom. The molecular formula is C12H13BrN2O4S. The Kier molecular flexibility index (Phi) is 6.13. The number of hydrogen-bond donors (Lipinski definition) is 1. The van der Waals surface area contributed by atoms with Crippen molar-refractivity contribution in [1.29, 1.82) is 5.26 Å². The predicted octanol–water partition coefficient (Wildman–Crippen LogP) is 1.57. The van der Waals surface area contributed by atoms with Crippen LogP contribution in [-0.2, 0) is 19.6 Å². The largest absolute Gasteiger partial charge is 0.447 e. The fourth-order valence-corrected chi connectivity index (χ4v) is 2.56. The van der Waals surface area contributed by atoms with Gasteiger partial charge in [0, 0.05) is 11.0 Å². The second-order valence-corrected chi connectivity index (χ2v) is 6.55. The summed E-state index contributed by atoms with van der Waals surface area (Å²) in [5, 5.41) is 8.47. The number of nitrogens with zero attached hydrogens (tertiary/aromatic N) is 1. The lowest BCUT2D eigenvalue weighted by atomic mass is 10.4. The Balaban J connectivity index is 2.51. The summed E-state index contributed by atoms with van der Waals surface area (Å²) in [5.41, 5.74) is 0. The molecule has 0 heterocycles. The van der Waals surface area contributed by atoms with Crippen molar-refractivity contribution in [3.05, 3.63) is 28.7 Å². The molecule has 0 aliphatic rings. The summed E-state index contributed by atoms with van der Waals surface area (Å²) >= 11 is 3.21. The number of halogens is 1. The molecule has 0 aliphatic carbocycles. The van der Waals surface area contributed by atoms with Crippen LogP contribution >= 0.6 is 15.9 Å². The molecule has 20 heavy (non-hydrogen) atoms. The van der Waals surface area contributed by atoms with Crippen LogP contribution in [-0.4, -0.2) is 27.0 Å². The van der Waals surface area contributed by atoms with Crippen LogP contribution in [0.15, 0.2) is 33.6 Å². The lowest BCUT2D eigenvalue weighted by Gasteiger charge is -2.08. The minimum Gasteiger partial charge on any atom is -0.447 e. The van der Waals surface area contributed by atoms with E-state index in [0.717, 1.165) is 4.47 Å². The first-order valence-corrected chi connectivity index (χ1v) is 7.97. The highest BCUT2D eigenvalue weighted by Crippen LogP contribution is 2.14. The Labute approximate surface area is 125 Å². The Morgan fingerprint density at radius 3 is 2.60 bits per heavy atom. The van der Waals surface area contributed by atoms with Gasteiger partial charge >= 0.3 is 5.97 Å². The summed E-state index contributed by atoms with van der Waals surface area (Å²) in [5.74, 6) is -0.627. The van der Waals surface area contributed by atoms with Gasteiger partial charge in [-0.3, -0.25) is 4.79 Å². The summed E-state index contributed by atoms with van der Waals surface area (Å²) in [6, 6.07) is 7.86. The van der Waals surface area contributed by atoms with Gasteiger partial charge in [0.1, 0.15) is 6.07 Å². The van der Waals surface area contributed by atoms with Crippen LogP contribution in [0.2, 0.25) is 0 Å². The molecule has 1 atom stereocenters. The lowest BCUT2D eigenvalue weighted by Crippen LogP contribution is -2.27. The molecule has 0 bridgehead atoms. The molecular weight excluding hydrogens is 348 g/mol. The third kappa shape index (κ3) is 5.28. The first-order valence-electron chi connectivity index (χ1n) is 5.69. The molecule has 0 spiro atoms. The molecule has 108 valence electrons. The number of nitriles is 1. The van der Waals surface area contributed by atoms with Crippen molar-refractivity contribution in [3.8, 4) is 6.07 Å². The van der Waals surface area contributed by atoms with Crippen molar-refractivity contribution in [2.24, 2.45) is 0 Å². The van der Waals surface area contributed by atoms with Gasteiger partial charge in [0.05, 0.1) is 11.3 Å². The van der Waals surface area contributed by atoms with Gasteiger partial charge in [-0.25, -0.2) is 13.1 Å². The minimum atomic E-state index is -3.65. The number of rotatable bonds is 6. The number of benzene rings is 1. The first-order chi connectivity index (χ1) is 9.35. The number of hydrogen-bond acceptors (Lipinski definition) is 5. The molecule has 1 aromatic rings. The Bertz CT molecular complexity index is 607. The second kappa shape index (κ2) is 7.38. The summed E-state index contributed by atoms with van der Waals surface area (Å²) in [4.78, 5) is 11.4. The Morgan fingerprint density at radius 1 is 1.45 bits per heavy atom. The zero-order valence-electron chi connectivity index (χ0n) is 10.7. The maximum atomic E-state index is 11.9. The normalized spacial score (nSPS) is 12.4. The number of carbonyl (C=O) groups excluding carboxylic acids is 1. The van der Waals surface area contributed by atoms with E-state index < -0.39 is 22.1 Å². The molecule has 1 N–H and O–H groups in total. The molecule has 0 saturated heterocycles. The van der Waals surface area contributed by atoms with Crippen molar-refractivity contribution < 1.29 is 17.9 Å². The van der Waals surface area contributed by atoms with E-state index in [1.54, 1.807) is 18.2 Å². The van der Waals surface area contributed by atoms with E-state index in [0.29, 0.717) is 0 Å². The Hall–Kier alpha value is -1.43. The van der Waals surface area contributed by atoms with Crippen LogP contribution in [0.3, 0.4) is 0 Å². The van der Waals surface area contributed by atoms with Crippen LogP contribution in [0.4, 0.5) is 0 Å². The smallest absolute Gasteiger partial charge is 0.308 e. The van der Waals surface area contributed by atoms with Gasteiger partial charge in [0.15, 0.2) is 6.10 Å². The zero-order chi connectivity index (χ0) is 15.2. The van der Waals surface area contributed by atoms with Crippen molar-refractivity contribution in [3.63, 3.8) is 0 Å². The van der Waals surface area contributed by atoms with Crippen molar-refractivity contribution in [1.82, 2.24) is 4.72 Å². The van der Waals surface area contributed by atoms with Crippen molar-refractivity contribution in [2.75, 3.05) is 6.54 Å². The number of carbonyl (C=O) groups is 1. The van der Waals surface area contributed by atoms with Gasteiger partial charge in [0.25, 0.3) is 0 Å². The van der Waals surface area contributed by atoms with Crippen molar-refractivity contribution in [2.45, 2.75) is 24.3 Å². The van der Waals surface area contributed by atoms with Gasteiger partial charge < -0.3 is 4.74 Å². The topological polar surface area (TPSA) is 96.3 Å². The monoisotopic (exact) mass is 360 g/mol. The maximum absolute atomic E-state index is 11.9. The van der Waals surface area contributed by atoms with E-state index in [1.165, 1.54) is 19.1 Å². The second-order valence-electron chi connectivity index (χ2n) is 3.86. The fraction of sp³-hybridized carbons (Fsp3) is 0.333. The number of sulfonamides is 1. The summed E-state index contributed by atoms with van der Waals surface area (Å²) in [7, 11) is -3.65. The van der Waals surface area contributed by atoms with Crippen LogP contribution in [0, 0.1) is 11.3 Å². The molecule has 1 aromatic carbocycles. The standard InChI is InChI=1S/C12H13BrN2O4S/c1-9(8-14)19-12(16)6-7-15-20(17,18)11-4-2-10(13)3-5-11/h2-5,9,15H,6-7H2,1H3/t9-/m1/s1. The lowest BCUT2D eigenvalue weighted by molar-refractivity contribution is -0.145. The van der Waals surface area contributed by atoms with Gasteiger partial charge in [-0.15, -0.1) is 0 Å². The van der Waals surface area contributed by atoms with E-state index in [9.17, 15) is 13.2 Å². The van der Waals surface area contributed by atoms with Crippen LogP contribution in [0.1, 0.15) is 13.3 Å². The van der Waals surface area contributed by atoms with E-state index in [2.05, 4.69) is 20.7 Å². The predicted molar refractivity (Wildman–Crippen MR) is 75.1 cm³/mol. The molecule has 8 heteroatoms. The van der Waals surface area contributed by atoms with Crippen molar-refractivity contribution >= 4 is 31.9 Å².